The molecule has 11 nitrogen and oxygen atoms in total. The molecule has 0 bridgehead atoms. The van der Waals surface area contributed by atoms with Gasteiger partial charge in [0.2, 0.25) is 11.8 Å². The first-order valence-electron chi connectivity index (χ1n) is 14.1. The van der Waals surface area contributed by atoms with Gasteiger partial charge in [-0.2, -0.15) is 11.8 Å². The molecule has 220 valence electrons. The van der Waals surface area contributed by atoms with Crippen molar-refractivity contribution in [2.75, 3.05) is 58.5 Å². The molecular weight excluding hydrogens is 512 g/mol. The van der Waals surface area contributed by atoms with Gasteiger partial charge in [-0.3, -0.25) is 9.59 Å². The van der Waals surface area contributed by atoms with E-state index in [4.69, 9.17) is 24.7 Å². The predicted molar refractivity (Wildman–Crippen MR) is 147 cm³/mol. The Morgan fingerprint density at radius 1 is 1.03 bits per heavy atom. The van der Waals surface area contributed by atoms with E-state index < -0.39 is 5.91 Å². The van der Waals surface area contributed by atoms with Crippen LogP contribution in [0.1, 0.15) is 64.7 Å². The van der Waals surface area contributed by atoms with E-state index in [-0.39, 0.29) is 36.7 Å². The van der Waals surface area contributed by atoms with Crippen LogP contribution in [0.4, 0.5) is 4.79 Å². The summed E-state index contributed by atoms with van der Waals surface area (Å²) >= 11 is 1.92. The summed E-state index contributed by atoms with van der Waals surface area (Å²) < 4.78 is 22.1. The van der Waals surface area contributed by atoms with Crippen molar-refractivity contribution in [3.8, 4) is 0 Å². The highest BCUT2D eigenvalue weighted by Gasteiger charge is 2.42. The van der Waals surface area contributed by atoms with Gasteiger partial charge < -0.3 is 40.6 Å². The number of ether oxygens (including phenoxy) is 4. The van der Waals surface area contributed by atoms with Crippen LogP contribution in [0.25, 0.3) is 0 Å². The van der Waals surface area contributed by atoms with Crippen LogP contribution in [0, 0.1) is 0 Å². The highest BCUT2D eigenvalue weighted by Crippen LogP contribution is 2.33. The fourth-order valence-corrected chi connectivity index (χ4v) is 6.08. The maximum Gasteiger partial charge on any atom is 0.315 e. The Kier molecular flexibility index (Phi) is 17.4. The van der Waals surface area contributed by atoms with Crippen molar-refractivity contribution in [2.45, 2.75) is 88.1 Å². The highest BCUT2D eigenvalue weighted by molar-refractivity contribution is 8.00. The SMILES string of the molecule is CCOCC(CCCCCNC(=O)CCCC[C@H]1SC[C@H]2NC(=O)N[C@H]21)OCCOCCCOCC(N)=O. The Morgan fingerprint density at radius 3 is 2.68 bits per heavy atom. The number of amides is 4. The summed E-state index contributed by atoms with van der Waals surface area (Å²) in [5.74, 6) is 0.623. The number of nitrogens with one attached hydrogen (secondary N) is 3. The van der Waals surface area contributed by atoms with Crippen molar-refractivity contribution in [3.63, 3.8) is 0 Å². The van der Waals surface area contributed by atoms with E-state index in [1.807, 2.05) is 18.7 Å². The summed E-state index contributed by atoms with van der Waals surface area (Å²) in [5.41, 5.74) is 5.01. The molecule has 38 heavy (non-hydrogen) atoms. The molecule has 2 aliphatic heterocycles. The van der Waals surface area contributed by atoms with Crippen LogP contribution >= 0.6 is 11.8 Å². The molecule has 0 radical (unpaired) electrons. The van der Waals surface area contributed by atoms with E-state index >= 15 is 0 Å². The third-order valence-corrected chi connectivity index (χ3v) is 8.03. The molecule has 12 heteroatoms. The number of hydrogen-bond acceptors (Lipinski definition) is 8. The monoisotopic (exact) mass is 560 g/mol. The number of thioether (sulfide) groups is 1. The Bertz CT molecular complexity index is 688. The highest BCUT2D eigenvalue weighted by atomic mass is 32.2. The minimum atomic E-state index is -0.469. The normalized spacial score (nSPS) is 21.1. The molecule has 4 amide bonds. The summed E-state index contributed by atoms with van der Waals surface area (Å²) in [6.45, 7) is 5.82. The van der Waals surface area contributed by atoms with E-state index in [9.17, 15) is 14.4 Å². The number of carbonyl (C=O) groups excluding carboxylic acids is 3. The number of fused-ring (bicyclic) bond motifs is 1. The molecule has 2 rings (SSSR count). The molecule has 0 aromatic carbocycles. The summed E-state index contributed by atoms with van der Waals surface area (Å²) in [4.78, 5) is 34.2. The Labute approximate surface area is 231 Å². The van der Waals surface area contributed by atoms with Gasteiger partial charge in [-0.05, 0) is 39.0 Å². The quantitative estimate of drug-likeness (QED) is 0.103. The number of hydrogen-bond donors (Lipinski definition) is 4. The fraction of sp³-hybridized carbons (Fsp3) is 0.885. The first-order valence-corrected chi connectivity index (χ1v) is 15.1. The van der Waals surface area contributed by atoms with Crippen LogP contribution in [-0.2, 0) is 28.5 Å². The van der Waals surface area contributed by atoms with Crippen LogP contribution in [0.3, 0.4) is 0 Å². The standard InChI is InChI=1S/C26H48N4O7S/c1-2-34-17-20(37-16-15-35-13-8-14-36-18-23(27)31)9-4-3-7-12-28-24(32)11-6-5-10-22-25-21(19-38-22)29-26(33)30-25/h20-22,25H,2-19H2,1H3,(H2,27,31)(H,28,32)(H2,29,30,33)/t20?,21-,22-,25-/m1/s1. The lowest BCUT2D eigenvalue weighted by molar-refractivity contribution is -0.123. The largest absolute Gasteiger partial charge is 0.379 e. The Balaban J connectivity index is 1.41. The minimum absolute atomic E-state index is 0.0358. The maximum atomic E-state index is 12.1. The van der Waals surface area contributed by atoms with Crippen LogP contribution in [0.2, 0.25) is 0 Å². The molecule has 0 saturated carbocycles. The van der Waals surface area contributed by atoms with E-state index in [0.717, 1.165) is 50.7 Å². The van der Waals surface area contributed by atoms with Crippen molar-refractivity contribution < 1.29 is 33.3 Å². The van der Waals surface area contributed by atoms with Gasteiger partial charge in [0.25, 0.3) is 0 Å². The van der Waals surface area contributed by atoms with Crippen molar-refractivity contribution >= 4 is 29.6 Å². The zero-order chi connectivity index (χ0) is 27.4. The third kappa shape index (κ3) is 14.5. The van der Waals surface area contributed by atoms with E-state index in [2.05, 4.69) is 16.0 Å². The van der Waals surface area contributed by atoms with Gasteiger partial charge in [0.05, 0.1) is 38.0 Å². The molecule has 2 fully saturated rings. The number of rotatable bonds is 24. The van der Waals surface area contributed by atoms with Gasteiger partial charge in [0, 0.05) is 43.8 Å². The van der Waals surface area contributed by atoms with Crippen LogP contribution in [0.5, 0.6) is 0 Å². The molecule has 1 unspecified atom stereocenters. The zero-order valence-corrected chi connectivity index (χ0v) is 23.7. The maximum absolute atomic E-state index is 12.1. The van der Waals surface area contributed by atoms with E-state index in [0.29, 0.717) is 64.3 Å². The van der Waals surface area contributed by atoms with Gasteiger partial charge >= 0.3 is 6.03 Å². The lowest BCUT2D eigenvalue weighted by atomic mass is 10.0. The van der Waals surface area contributed by atoms with Gasteiger partial charge in [-0.1, -0.05) is 19.3 Å². The minimum Gasteiger partial charge on any atom is -0.379 e. The molecule has 2 saturated heterocycles. The average molecular weight is 561 g/mol. The average Bonchev–Trinajstić information content (AvgIpc) is 3.44. The van der Waals surface area contributed by atoms with Gasteiger partial charge in [-0.25, -0.2) is 4.79 Å². The molecule has 2 heterocycles. The summed E-state index contributed by atoms with van der Waals surface area (Å²) in [7, 11) is 0. The van der Waals surface area contributed by atoms with Crippen molar-refractivity contribution in [3.05, 3.63) is 0 Å². The second-order valence-electron chi connectivity index (χ2n) is 9.70. The van der Waals surface area contributed by atoms with Crippen LogP contribution < -0.4 is 21.7 Å². The summed E-state index contributed by atoms with van der Waals surface area (Å²) in [5, 5.41) is 9.46. The molecule has 2 aliphatic rings. The molecule has 0 aromatic rings. The number of nitrogens with two attached hydrogens (primary N) is 1. The number of unbranched alkanes of at least 4 members (excludes halogenated alkanes) is 3. The van der Waals surface area contributed by atoms with Crippen molar-refractivity contribution in [1.29, 1.82) is 0 Å². The Morgan fingerprint density at radius 2 is 1.87 bits per heavy atom. The number of primary amides is 1. The van der Waals surface area contributed by atoms with Crippen molar-refractivity contribution in [1.82, 2.24) is 16.0 Å². The lowest BCUT2D eigenvalue weighted by Crippen LogP contribution is -2.36. The topological polar surface area (TPSA) is 150 Å². The Hall–Kier alpha value is -1.60. The number of carbonyl (C=O) groups is 3. The fourth-order valence-electron chi connectivity index (χ4n) is 4.54. The molecule has 0 aromatic heterocycles. The number of urea groups is 1. The molecule has 4 atom stereocenters. The molecule has 0 aliphatic carbocycles. The van der Waals surface area contributed by atoms with E-state index in [1.165, 1.54) is 0 Å². The molecule has 0 spiro atoms. The van der Waals surface area contributed by atoms with Gasteiger partial charge in [0.1, 0.15) is 6.61 Å². The summed E-state index contributed by atoms with van der Waals surface area (Å²) in [6.07, 6.45) is 8.10. The van der Waals surface area contributed by atoms with Crippen molar-refractivity contribution in [2.24, 2.45) is 5.73 Å². The summed E-state index contributed by atoms with van der Waals surface area (Å²) in [6, 6.07) is 0.444. The van der Waals surface area contributed by atoms with Gasteiger partial charge in [-0.15, -0.1) is 0 Å². The van der Waals surface area contributed by atoms with E-state index in [1.54, 1.807) is 0 Å². The third-order valence-electron chi connectivity index (χ3n) is 6.52. The second kappa shape index (κ2) is 20.3. The first kappa shape index (κ1) is 32.6. The second-order valence-corrected chi connectivity index (χ2v) is 11.0. The van der Waals surface area contributed by atoms with Gasteiger partial charge in [0.15, 0.2) is 0 Å². The zero-order valence-electron chi connectivity index (χ0n) is 22.9. The predicted octanol–water partition coefficient (Wildman–Crippen LogP) is 1.72. The van der Waals surface area contributed by atoms with Crippen LogP contribution in [-0.4, -0.2) is 99.8 Å². The first-order chi connectivity index (χ1) is 18.5. The smallest absolute Gasteiger partial charge is 0.315 e. The molecule has 5 N–H and O–H groups in total. The molecular formula is C26H48N4O7S. The van der Waals surface area contributed by atoms with Crippen LogP contribution in [0.15, 0.2) is 0 Å². The lowest BCUT2D eigenvalue weighted by Gasteiger charge is -2.18.